The molecule has 1 fully saturated rings. The van der Waals surface area contributed by atoms with Gasteiger partial charge in [0, 0.05) is 12.2 Å². The molecule has 8 nitrogen and oxygen atoms in total. The number of carboxylic acids is 1. The summed E-state index contributed by atoms with van der Waals surface area (Å²) in [6.07, 6.45) is -2.50. The Morgan fingerprint density at radius 3 is 2.00 bits per heavy atom. The number of alkyl halides is 3. The lowest BCUT2D eigenvalue weighted by atomic mass is 9.94. The first-order chi connectivity index (χ1) is 16.7. The first-order valence-electron chi connectivity index (χ1n) is 11.1. The zero-order chi connectivity index (χ0) is 27.1. The first kappa shape index (κ1) is 29.0. The molecule has 1 aliphatic rings. The number of anilines is 1. The molecule has 0 saturated heterocycles. The van der Waals surface area contributed by atoms with Gasteiger partial charge in [-0.05, 0) is 67.1 Å². The van der Waals surface area contributed by atoms with Crippen molar-refractivity contribution in [2.75, 3.05) is 18.4 Å². The Balaban J connectivity index is 0.000000572. The van der Waals surface area contributed by atoms with Gasteiger partial charge in [0.15, 0.2) is 0 Å². The Bertz CT molecular complexity index is 1140. The molecule has 0 aliphatic heterocycles. The molecule has 0 radical (unpaired) electrons. The van der Waals surface area contributed by atoms with E-state index < -0.39 is 27.6 Å². The highest BCUT2D eigenvalue weighted by Crippen LogP contribution is 2.48. The average molecular weight is 531 g/mol. The number of carbonyl (C=O) groups is 2. The minimum absolute atomic E-state index is 0.0599. The maximum absolute atomic E-state index is 12.6. The van der Waals surface area contributed by atoms with E-state index >= 15 is 0 Å². The number of aliphatic carboxylic acids is 1. The molecule has 0 unspecified atom stereocenters. The molecule has 0 atom stereocenters. The zero-order valence-corrected chi connectivity index (χ0v) is 20.9. The van der Waals surface area contributed by atoms with Gasteiger partial charge in [-0.2, -0.15) is 13.2 Å². The minimum atomic E-state index is -5.08. The van der Waals surface area contributed by atoms with Gasteiger partial charge in [0.2, 0.25) is 5.91 Å². The number of hydrogen-bond acceptors (Lipinski definition) is 5. The van der Waals surface area contributed by atoms with Gasteiger partial charge < -0.3 is 15.2 Å². The van der Waals surface area contributed by atoms with E-state index in [0.717, 1.165) is 24.8 Å². The highest BCUT2D eigenvalue weighted by atomic mass is 32.2. The lowest BCUT2D eigenvalue weighted by Gasteiger charge is -2.17. The Kier molecular flexibility index (Phi) is 9.36. The highest BCUT2D eigenvalue weighted by Gasteiger charge is 2.51. The van der Waals surface area contributed by atoms with Gasteiger partial charge in [-0.3, -0.25) is 9.52 Å². The maximum atomic E-state index is 12.6. The van der Waals surface area contributed by atoms with E-state index in [1.54, 1.807) is 24.3 Å². The molecule has 3 N–H and O–H groups in total. The number of methoxy groups -OCH3 is 1. The number of ether oxygens (including phenoxy) is 1. The summed E-state index contributed by atoms with van der Waals surface area (Å²) in [7, 11) is -2.16. The van der Waals surface area contributed by atoms with Gasteiger partial charge in [-0.1, -0.05) is 26.0 Å². The summed E-state index contributed by atoms with van der Waals surface area (Å²) in [6.45, 7) is 4.94. The average Bonchev–Trinajstić information content (AvgIpc) is 3.61. The Hall–Kier alpha value is -3.28. The number of rotatable bonds is 9. The maximum Gasteiger partial charge on any atom is 0.490 e. The van der Waals surface area contributed by atoms with Crippen molar-refractivity contribution in [3.8, 4) is 5.75 Å². The van der Waals surface area contributed by atoms with Gasteiger partial charge in [0.25, 0.3) is 10.0 Å². The van der Waals surface area contributed by atoms with Crippen LogP contribution in [-0.2, 0) is 25.0 Å². The fourth-order valence-corrected chi connectivity index (χ4v) is 4.30. The van der Waals surface area contributed by atoms with Crippen LogP contribution in [0.15, 0.2) is 53.4 Å². The molecule has 0 bridgehead atoms. The highest BCUT2D eigenvalue weighted by molar-refractivity contribution is 7.92. The second kappa shape index (κ2) is 11.6. The van der Waals surface area contributed by atoms with E-state index in [-0.39, 0.29) is 10.8 Å². The van der Waals surface area contributed by atoms with E-state index in [9.17, 15) is 26.4 Å². The monoisotopic (exact) mass is 530 g/mol. The van der Waals surface area contributed by atoms with E-state index in [4.69, 9.17) is 14.6 Å². The summed E-state index contributed by atoms with van der Waals surface area (Å²) in [5.74, 6) is -1.56. The Morgan fingerprint density at radius 2 is 1.58 bits per heavy atom. The molecule has 2 aromatic rings. The molecule has 0 heterocycles. The van der Waals surface area contributed by atoms with Crippen LogP contribution < -0.4 is 14.8 Å². The van der Waals surface area contributed by atoms with Crippen molar-refractivity contribution in [1.82, 2.24) is 5.32 Å². The molecule has 12 heteroatoms. The molecule has 36 heavy (non-hydrogen) atoms. The molecule has 1 aliphatic carbocycles. The number of carboxylic acid groups (broad SMARTS) is 1. The largest absolute Gasteiger partial charge is 0.497 e. The molecule has 3 rings (SSSR count). The lowest BCUT2D eigenvalue weighted by Crippen LogP contribution is -2.35. The second-order valence-electron chi connectivity index (χ2n) is 8.68. The van der Waals surface area contributed by atoms with E-state index in [2.05, 4.69) is 23.9 Å². The molecule has 1 saturated carbocycles. The van der Waals surface area contributed by atoms with Crippen LogP contribution in [0.25, 0.3) is 0 Å². The molecular weight excluding hydrogens is 501 g/mol. The van der Waals surface area contributed by atoms with Gasteiger partial charge in [-0.25, -0.2) is 13.2 Å². The number of carbonyl (C=O) groups excluding carboxylic acids is 1. The van der Waals surface area contributed by atoms with Gasteiger partial charge >= 0.3 is 12.1 Å². The summed E-state index contributed by atoms with van der Waals surface area (Å²) >= 11 is 0. The van der Waals surface area contributed by atoms with E-state index in [1.165, 1.54) is 19.2 Å². The summed E-state index contributed by atoms with van der Waals surface area (Å²) in [4.78, 5) is 21.7. The lowest BCUT2D eigenvalue weighted by molar-refractivity contribution is -0.192. The predicted octanol–water partition coefficient (Wildman–Crippen LogP) is 4.32. The van der Waals surface area contributed by atoms with Crippen LogP contribution in [0, 0.1) is 5.92 Å². The van der Waals surface area contributed by atoms with E-state index in [0.29, 0.717) is 23.9 Å². The number of hydrogen-bond donors (Lipinski definition) is 3. The standard InChI is InChI=1S/C22H28N2O4S.C2HF3O2/c1-16(2)12-15-23-21(25)22(13-14-22)17-4-6-18(7-5-17)24-29(26,27)20-10-8-19(28-3)9-11-20;3-2(4,5)1(6)7/h4-11,16,24H,12-15H2,1-3H3,(H,23,25);(H,6,7). The van der Waals surface area contributed by atoms with Gasteiger partial charge in [0.1, 0.15) is 5.75 Å². The summed E-state index contributed by atoms with van der Waals surface area (Å²) in [6, 6.07) is 13.3. The fraction of sp³-hybridized carbons (Fsp3) is 0.417. The molecule has 198 valence electrons. The smallest absolute Gasteiger partial charge is 0.490 e. The molecule has 0 spiro atoms. The Morgan fingerprint density at radius 1 is 1.06 bits per heavy atom. The Labute approximate surface area is 207 Å². The van der Waals surface area contributed by atoms with Crippen molar-refractivity contribution in [3.63, 3.8) is 0 Å². The van der Waals surface area contributed by atoms with Crippen LogP contribution in [-0.4, -0.2) is 45.2 Å². The third-order valence-corrected chi connectivity index (χ3v) is 6.89. The van der Waals surface area contributed by atoms with Crippen molar-refractivity contribution >= 4 is 27.6 Å². The van der Waals surface area contributed by atoms with Crippen molar-refractivity contribution in [1.29, 1.82) is 0 Å². The van der Waals surface area contributed by atoms with Crippen molar-refractivity contribution in [3.05, 3.63) is 54.1 Å². The SMILES string of the molecule is COc1ccc(S(=O)(=O)Nc2ccc(C3(C(=O)NCCC(C)C)CC3)cc2)cc1.O=C(O)C(F)(F)F. The predicted molar refractivity (Wildman–Crippen MR) is 127 cm³/mol. The van der Waals surface area contributed by atoms with Crippen LogP contribution >= 0.6 is 0 Å². The molecular formula is C24H29F3N2O6S. The van der Waals surface area contributed by atoms with Crippen LogP contribution in [0.3, 0.4) is 0 Å². The number of benzene rings is 2. The minimum Gasteiger partial charge on any atom is -0.497 e. The summed E-state index contributed by atoms with van der Waals surface area (Å²) in [5, 5.41) is 10.2. The van der Waals surface area contributed by atoms with Crippen molar-refractivity contribution < 1.29 is 41.0 Å². The number of halogens is 3. The van der Waals surface area contributed by atoms with Crippen LogP contribution in [0.4, 0.5) is 18.9 Å². The van der Waals surface area contributed by atoms with Gasteiger partial charge in [0.05, 0.1) is 17.4 Å². The first-order valence-corrected chi connectivity index (χ1v) is 12.6. The number of sulfonamides is 1. The van der Waals surface area contributed by atoms with Gasteiger partial charge in [-0.15, -0.1) is 0 Å². The molecule has 2 aromatic carbocycles. The number of amides is 1. The zero-order valence-electron chi connectivity index (χ0n) is 20.1. The fourth-order valence-electron chi connectivity index (χ4n) is 3.24. The van der Waals surface area contributed by atoms with Crippen LogP contribution in [0.2, 0.25) is 0 Å². The molecule has 1 amide bonds. The van der Waals surface area contributed by atoms with Crippen LogP contribution in [0.1, 0.15) is 38.7 Å². The second-order valence-corrected chi connectivity index (χ2v) is 10.4. The van der Waals surface area contributed by atoms with Crippen molar-refractivity contribution in [2.24, 2.45) is 5.92 Å². The third kappa shape index (κ3) is 7.87. The topological polar surface area (TPSA) is 122 Å². The van der Waals surface area contributed by atoms with Crippen LogP contribution in [0.5, 0.6) is 5.75 Å². The molecule has 0 aromatic heterocycles. The summed E-state index contributed by atoms with van der Waals surface area (Å²) in [5.41, 5.74) is 0.914. The van der Waals surface area contributed by atoms with Crippen molar-refractivity contribution in [2.45, 2.75) is 49.6 Å². The number of nitrogens with one attached hydrogen (secondary N) is 2. The quantitative estimate of drug-likeness (QED) is 0.444. The third-order valence-electron chi connectivity index (χ3n) is 5.49. The van der Waals surface area contributed by atoms with E-state index in [1.807, 2.05) is 12.1 Å². The summed E-state index contributed by atoms with van der Waals surface area (Å²) < 4.78 is 64.5. The normalized spacial score (nSPS) is 14.3.